The Hall–Kier alpha value is -1.97. The van der Waals surface area contributed by atoms with E-state index < -0.39 is 0 Å². The van der Waals surface area contributed by atoms with Gasteiger partial charge in [-0.1, -0.05) is 30.3 Å². The van der Waals surface area contributed by atoms with Gasteiger partial charge in [0.25, 0.3) is 0 Å². The third kappa shape index (κ3) is 3.08. The van der Waals surface area contributed by atoms with E-state index in [1.165, 1.54) is 5.56 Å². The van der Waals surface area contributed by atoms with E-state index in [1.807, 2.05) is 17.7 Å². The molecule has 2 aromatic rings. The quantitative estimate of drug-likeness (QED) is 0.867. The lowest BCUT2D eigenvalue weighted by Crippen LogP contribution is -2.21. The van der Waals surface area contributed by atoms with Gasteiger partial charge in [0.1, 0.15) is 5.82 Å². The standard InChI is InChI=1S/C15H22N4/c1-4-19-15(14(16)12(3)18-19)17-11(2)10-13-8-6-5-7-9-13/h5-9,11,17H,4,10,16H2,1-3H3. The lowest BCUT2D eigenvalue weighted by molar-refractivity contribution is 0.647. The van der Waals surface area contributed by atoms with Crippen LogP contribution in [0.2, 0.25) is 0 Å². The van der Waals surface area contributed by atoms with Crippen LogP contribution in [0.1, 0.15) is 25.1 Å². The fourth-order valence-corrected chi connectivity index (χ4v) is 2.23. The summed E-state index contributed by atoms with van der Waals surface area (Å²) < 4.78 is 1.92. The van der Waals surface area contributed by atoms with Gasteiger partial charge in [-0.25, -0.2) is 4.68 Å². The number of rotatable bonds is 5. The van der Waals surface area contributed by atoms with Gasteiger partial charge in [0.05, 0.1) is 11.4 Å². The molecule has 1 atom stereocenters. The van der Waals surface area contributed by atoms with Crippen molar-refractivity contribution in [2.75, 3.05) is 11.1 Å². The molecule has 0 fully saturated rings. The molecule has 0 spiro atoms. The molecule has 0 bridgehead atoms. The van der Waals surface area contributed by atoms with Crippen LogP contribution in [0.5, 0.6) is 0 Å². The Labute approximate surface area is 114 Å². The van der Waals surface area contributed by atoms with Crippen molar-refractivity contribution in [3.05, 3.63) is 41.6 Å². The number of hydrogen-bond acceptors (Lipinski definition) is 3. The number of nitrogens with zero attached hydrogens (tertiary/aromatic N) is 2. The van der Waals surface area contributed by atoms with E-state index in [0.29, 0.717) is 6.04 Å². The van der Waals surface area contributed by atoms with Crippen molar-refractivity contribution in [2.45, 2.75) is 39.8 Å². The molecule has 0 radical (unpaired) electrons. The summed E-state index contributed by atoms with van der Waals surface area (Å²) in [4.78, 5) is 0. The first-order chi connectivity index (χ1) is 9.11. The second kappa shape index (κ2) is 5.78. The summed E-state index contributed by atoms with van der Waals surface area (Å²) in [6.45, 7) is 6.99. The largest absolute Gasteiger partial charge is 0.394 e. The van der Waals surface area contributed by atoms with Crippen molar-refractivity contribution >= 4 is 11.5 Å². The van der Waals surface area contributed by atoms with Crippen LogP contribution in [-0.4, -0.2) is 15.8 Å². The van der Waals surface area contributed by atoms with Gasteiger partial charge in [0.2, 0.25) is 0 Å². The summed E-state index contributed by atoms with van der Waals surface area (Å²) in [6, 6.07) is 10.8. The van der Waals surface area contributed by atoms with Crippen molar-refractivity contribution in [3.63, 3.8) is 0 Å². The monoisotopic (exact) mass is 258 g/mol. The first kappa shape index (κ1) is 13.5. The predicted octanol–water partition coefficient (Wildman–Crippen LogP) is 2.84. The average molecular weight is 258 g/mol. The normalized spacial score (nSPS) is 12.4. The molecule has 1 aromatic heterocycles. The molecule has 0 amide bonds. The van der Waals surface area contributed by atoms with E-state index >= 15 is 0 Å². The third-order valence-corrected chi connectivity index (χ3v) is 3.24. The number of aromatic nitrogens is 2. The lowest BCUT2D eigenvalue weighted by Gasteiger charge is -2.16. The molecule has 3 N–H and O–H groups in total. The topological polar surface area (TPSA) is 55.9 Å². The first-order valence-corrected chi connectivity index (χ1v) is 6.75. The van der Waals surface area contributed by atoms with Crippen LogP contribution in [0.4, 0.5) is 11.5 Å². The first-order valence-electron chi connectivity index (χ1n) is 6.75. The zero-order chi connectivity index (χ0) is 13.8. The van der Waals surface area contributed by atoms with Gasteiger partial charge in [0, 0.05) is 12.6 Å². The van der Waals surface area contributed by atoms with Gasteiger partial charge in [-0.2, -0.15) is 5.10 Å². The Balaban J connectivity index is 2.09. The van der Waals surface area contributed by atoms with E-state index in [1.54, 1.807) is 0 Å². The highest BCUT2D eigenvalue weighted by molar-refractivity contribution is 5.65. The van der Waals surface area contributed by atoms with Gasteiger partial charge in [0.15, 0.2) is 0 Å². The molecule has 0 aliphatic heterocycles. The van der Waals surface area contributed by atoms with E-state index in [-0.39, 0.29) is 0 Å². The van der Waals surface area contributed by atoms with Crippen LogP contribution < -0.4 is 11.1 Å². The van der Waals surface area contributed by atoms with E-state index in [4.69, 9.17) is 5.73 Å². The molecule has 0 saturated carbocycles. The number of benzene rings is 1. The Kier molecular flexibility index (Phi) is 4.10. The molecule has 2 rings (SSSR count). The average Bonchev–Trinajstić information content (AvgIpc) is 2.67. The maximum atomic E-state index is 6.07. The zero-order valence-corrected chi connectivity index (χ0v) is 11.9. The molecule has 4 nitrogen and oxygen atoms in total. The highest BCUT2D eigenvalue weighted by atomic mass is 15.3. The molecular formula is C15H22N4. The summed E-state index contributed by atoms with van der Waals surface area (Å²) in [5.74, 6) is 0.934. The van der Waals surface area contributed by atoms with Crippen LogP contribution in [-0.2, 0) is 13.0 Å². The Morgan fingerprint density at radius 1 is 1.32 bits per heavy atom. The molecule has 1 heterocycles. The highest BCUT2D eigenvalue weighted by Crippen LogP contribution is 2.23. The van der Waals surface area contributed by atoms with Gasteiger partial charge >= 0.3 is 0 Å². The number of hydrogen-bond donors (Lipinski definition) is 2. The third-order valence-electron chi connectivity index (χ3n) is 3.24. The van der Waals surface area contributed by atoms with Gasteiger partial charge in [-0.15, -0.1) is 0 Å². The summed E-state index contributed by atoms with van der Waals surface area (Å²) in [5, 5.41) is 7.89. The summed E-state index contributed by atoms with van der Waals surface area (Å²) in [7, 11) is 0. The Morgan fingerprint density at radius 3 is 2.63 bits per heavy atom. The van der Waals surface area contributed by atoms with Crippen molar-refractivity contribution < 1.29 is 0 Å². The summed E-state index contributed by atoms with van der Waals surface area (Å²) in [6.07, 6.45) is 0.966. The maximum absolute atomic E-state index is 6.07. The molecule has 0 aliphatic rings. The van der Waals surface area contributed by atoms with Crippen molar-refractivity contribution in [1.29, 1.82) is 0 Å². The van der Waals surface area contributed by atoms with Crippen molar-refractivity contribution in [1.82, 2.24) is 9.78 Å². The van der Waals surface area contributed by atoms with Crippen molar-refractivity contribution in [2.24, 2.45) is 0 Å². The lowest BCUT2D eigenvalue weighted by atomic mass is 10.1. The second-order valence-electron chi connectivity index (χ2n) is 4.90. The Morgan fingerprint density at radius 2 is 2.00 bits per heavy atom. The number of aryl methyl sites for hydroxylation is 2. The summed E-state index contributed by atoms with van der Waals surface area (Å²) >= 11 is 0. The van der Waals surface area contributed by atoms with Crippen LogP contribution >= 0.6 is 0 Å². The predicted molar refractivity (Wildman–Crippen MR) is 80.3 cm³/mol. The molecule has 1 unspecified atom stereocenters. The fourth-order valence-electron chi connectivity index (χ4n) is 2.23. The van der Waals surface area contributed by atoms with Crippen LogP contribution in [0, 0.1) is 6.92 Å². The number of nitrogens with two attached hydrogens (primary N) is 1. The smallest absolute Gasteiger partial charge is 0.148 e. The number of anilines is 2. The van der Waals surface area contributed by atoms with E-state index in [9.17, 15) is 0 Å². The van der Waals surface area contributed by atoms with E-state index in [2.05, 4.69) is 48.5 Å². The van der Waals surface area contributed by atoms with E-state index in [0.717, 1.165) is 30.2 Å². The minimum atomic E-state index is 0.311. The molecule has 19 heavy (non-hydrogen) atoms. The maximum Gasteiger partial charge on any atom is 0.148 e. The van der Waals surface area contributed by atoms with Crippen LogP contribution in [0.3, 0.4) is 0 Å². The second-order valence-corrected chi connectivity index (χ2v) is 4.90. The highest BCUT2D eigenvalue weighted by Gasteiger charge is 2.13. The Bertz CT molecular complexity index is 531. The minimum Gasteiger partial charge on any atom is -0.394 e. The fraction of sp³-hybridized carbons (Fsp3) is 0.400. The van der Waals surface area contributed by atoms with Crippen LogP contribution in [0.15, 0.2) is 30.3 Å². The van der Waals surface area contributed by atoms with Gasteiger partial charge < -0.3 is 11.1 Å². The molecular weight excluding hydrogens is 236 g/mol. The number of nitrogen functional groups attached to an aromatic ring is 1. The molecule has 0 saturated heterocycles. The molecule has 1 aromatic carbocycles. The number of nitrogens with one attached hydrogen (secondary N) is 1. The zero-order valence-electron chi connectivity index (χ0n) is 11.9. The van der Waals surface area contributed by atoms with Gasteiger partial charge in [-0.05, 0) is 32.8 Å². The van der Waals surface area contributed by atoms with Gasteiger partial charge in [-0.3, -0.25) is 0 Å². The minimum absolute atomic E-state index is 0.311. The van der Waals surface area contributed by atoms with Crippen molar-refractivity contribution in [3.8, 4) is 0 Å². The molecule has 0 aliphatic carbocycles. The SMILES string of the molecule is CCn1nc(C)c(N)c1NC(C)Cc1ccccc1. The van der Waals surface area contributed by atoms with Crippen LogP contribution in [0.25, 0.3) is 0 Å². The molecule has 102 valence electrons. The summed E-state index contributed by atoms with van der Waals surface area (Å²) in [5.41, 5.74) is 9.03. The molecule has 4 heteroatoms.